The number of benzene rings is 4. The average Bonchev–Trinajstić information content (AvgIpc) is 3.68. The second-order valence-corrected chi connectivity index (χ2v) is 12.1. The summed E-state index contributed by atoms with van der Waals surface area (Å²) in [6, 6.07) is 33.9. The molecule has 2 aliphatic rings. The van der Waals surface area contributed by atoms with E-state index in [4.69, 9.17) is 15.1 Å². The summed E-state index contributed by atoms with van der Waals surface area (Å²) in [5.74, 6) is 1.13. The van der Waals surface area contributed by atoms with Crippen LogP contribution in [0.4, 0.5) is 22.9 Å². The standard InChI is InChI=1S/C40H36N8O2/c1-26-25-36-44(5)39(49)32-21-13-15-23-34(32)41-27(2)37-28(3)43-46(30-17-9-7-10-18-30)38(37)45(6)40(50)33-22-14-16-24-35(33)42-29(4)47(26)48(36)31-19-11-8-12-20-31/h7-25H,1H2,2-6H3. The van der Waals surface area contributed by atoms with Crippen LogP contribution in [0, 0.1) is 6.92 Å². The molecule has 0 atom stereocenters. The van der Waals surface area contributed by atoms with Gasteiger partial charge in [-0.3, -0.25) is 24.4 Å². The van der Waals surface area contributed by atoms with Gasteiger partial charge in [-0.05, 0) is 69.3 Å². The molecule has 0 fully saturated rings. The summed E-state index contributed by atoms with van der Waals surface area (Å²) in [5, 5.41) is 8.65. The summed E-state index contributed by atoms with van der Waals surface area (Å²) in [7, 11) is 3.47. The Morgan fingerprint density at radius 1 is 0.600 bits per heavy atom. The number of nitrogens with zero attached hydrogens (tertiary/aromatic N) is 8. The molecular formula is C40H36N8O2. The van der Waals surface area contributed by atoms with Crippen LogP contribution in [0.5, 0.6) is 0 Å². The van der Waals surface area contributed by atoms with Gasteiger partial charge in [0.05, 0.1) is 56.5 Å². The summed E-state index contributed by atoms with van der Waals surface area (Å²) < 4.78 is 1.76. The van der Waals surface area contributed by atoms with Crippen LogP contribution in [-0.4, -0.2) is 57.1 Å². The largest absolute Gasteiger partial charge is 0.296 e. The van der Waals surface area contributed by atoms with Crippen LogP contribution in [0.25, 0.3) is 5.69 Å². The fourth-order valence-corrected chi connectivity index (χ4v) is 6.43. The summed E-state index contributed by atoms with van der Waals surface area (Å²) >= 11 is 0. The molecule has 2 amide bonds. The van der Waals surface area contributed by atoms with Crippen molar-refractivity contribution in [2.75, 3.05) is 24.0 Å². The lowest BCUT2D eigenvalue weighted by molar-refractivity contribution is 0.0830. The van der Waals surface area contributed by atoms with E-state index in [1.807, 2.05) is 134 Å². The number of anilines is 2. The summed E-state index contributed by atoms with van der Waals surface area (Å²) in [6.07, 6.45) is 1.85. The number of hydrogen-bond donors (Lipinski definition) is 0. The van der Waals surface area contributed by atoms with Gasteiger partial charge in [0.25, 0.3) is 11.8 Å². The molecule has 50 heavy (non-hydrogen) atoms. The molecule has 0 aliphatic carbocycles. The number of hydrazine groups is 1. The van der Waals surface area contributed by atoms with Gasteiger partial charge in [-0.25, -0.2) is 19.7 Å². The number of hydrogen-bond acceptors (Lipinski definition) is 7. The molecule has 1 aromatic heterocycles. The number of amidine groups is 1. The van der Waals surface area contributed by atoms with Crippen molar-refractivity contribution in [1.82, 2.24) is 19.7 Å². The topological polar surface area (TPSA) is 89.6 Å². The highest BCUT2D eigenvalue weighted by Gasteiger charge is 2.35. The number of aryl methyl sites for hydroxylation is 1. The number of rotatable bonds is 2. The second-order valence-electron chi connectivity index (χ2n) is 12.1. The molecule has 7 rings (SSSR count). The molecule has 4 aromatic carbocycles. The molecule has 0 saturated carbocycles. The van der Waals surface area contributed by atoms with Crippen molar-refractivity contribution in [3.63, 3.8) is 0 Å². The average molecular weight is 661 g/mol. The maximum atomic E-state index is 14.6. The first-order valence-corrected chi connectivity index (χ1v) is 16.2. The van der Waals surface area contributed by atoms with Crippen molar-refractivity contribution in [3.8, 4) is 5.69 Å². The van der Waals surface area contributed by atoms with Crippen LogP contribution in [0.2, 0.25) is 0 Å². The fraction of sp³-hybridized carbons (Fsp3) is 0.125. The maximum Gasteiger partial charge on any atom is 0.261 e. The number of aromatic nitrogens is 2. The Kier molecular flexibility index (Phi) is 8.20. The molecule has 5 aromatic rings. The lowest BCUT2D eigenvalue weighted by atomic mass is 10.1. The van der Waals surface area contributed by atoms with Crippen LogP contribution >= 0.6 is 0 Å². The maximum absolute atomic E-state index is 14.6. The van der Waals surface area contributed by atoms with Crippen LogP contribution in [-0.2, 0) is 0 Å². The Bertz CT molecular complexity index is 2250. The minimum Gasteiger partial charge on any atom is -0.296 e. The lowest BCUT2D eigenvalue weighted by Gasteiger charge is -2.36. The minimum atomic E-state index is -0.276. The molecule has 2 aliphatic heterocycles. The molecular weight excluding hydrogens is 624 g/mol. The van der Waals surface area contributed by atoms with Gasteiger partial charge >= 0.3 is 0 Å². The van der Waals surface area contributed by atoms with Gasteiger partial charge in [0.2, 0.25) is 0 Å². The molecule has 2 bridgehead atoms. The second kappa shape index (κ2) is 12.8. The molecule has 0 spiro atoms. The highest BCUT2D eigenvalue weighted by molar-refractivity contribution is 6.14. The third-order valence-corrected chi connectivity index (χ3v) is 8.80. The van der Waals surface area contributed by atoms with Gasteiger partial charge in [-0.15, -0.1) is 0 Å². The van der Waals surface area contributed by atoms with Gasteiger partial charge < -0.3 is 0 Å². The van der Waals surface area contributed by atoms with E-state index in [-0.39, 0.29) is 11.8 Å². The van der Waals surface area contributed by atoms with Crippen molar-refractivity contribution in [1.29, 1.82) is 0 Å². The first kappa shape index (κ1) is 32.0. The third-order valence-electron chi connectivity index (χ3n) is 8.80. The van der Waals surface area contributed by atoms with E-state index in [1.165, 1.54) is 0 Å². The van der Waals surface area contributed by atoms with Crippen LogP contribution in [0.15, 0.2) is 143 Å². The first-order chi connectivity index (χ1) is 24.2. The smallest absolute Gasteiger partial charge is 0.261 e. The Hall–Kier alpha value is -6.55. The van der Waals surface area contributed by atoms with Gasteiger partial charge in [0, 0.05) is 20.2 Å². The number of aliphatic imine (C=N–C) groups is 2. The Morgan fingerprint density at radius 3 is 1.74 bits per heavy atom. The zero-order chi connectivity index (χ0) is 35.1. The minimum absolute atomic E-state index is 0.257. The molecule has 248 valence electrons. The van der Waals surface area contributed by atoms with Crippen molar-refractivity contribution in [2.24, 2.45) is 9.98 Å². The molecule has 10 nitrogen and oxygen atoms in total. The monoisotopic (exact) mass is 660 g/mol. The SMILES string of the molecule is C=C1C=C2N(C)C(=O)c3ccccc3N=C(C)c3c(C)nn(-c4ccccc4)c3N(C)C(=O)c3ccccc3N=C(C)N1N2c1ccccc1. The zero-order valence-electron chi connectivity index (χ0n) is 28.6. The highest BCUT2D eigenvalue weighted by atomic mass is 16.2. The lowest BCUT2D eigenvalue weighted by Crippen LogP contribution is -2.44. The van der Waals surface area contributed by atoms with Crippen LogP contribution in [0.1, 0.15) is 45.8 Å². The predicted octanol–water partition coefficient (Wildman–Crippen LogP) is 7.83. The number of amides is 2. The van der Waals surface area contributed by atoms with E-state index < -0.39 is 0 Å². The third kappa shape index (κ3) is 5.46. The molecule has 3 heterocycles. The summed E-state index contributed by atoms with van der Waals surface area (Å²) in [4.78, 5) is 42.3. The summed E-state index contributed by atoms with van der Waals surface area (Å²) in [6.45, 7) is 9.97. The van der Waals surface area contributed by atoms with Gasteiger partial charge in [-0.2, -0.15) is 5.10 Å². The van der Waals surface area contributed by atoms with E-state index in [1.54, 1.807) is 40.7 Å². The molecule has 10 heteroatoms. The first-order valence-electron chi connectivity index (χ1n) is 16.2. The van der Waals surface area contributed by atoms with E-state index >= 15 is 0 Å². The zero-order valence-corrected chi connectivity index (χ0v) is 28.6. The molecule has 0 radical (unpaired) electrons. The van der Waals surface area contributed by atoms with E-state index in [9.17, 15) is 9.59 Å². The van der Waals surface area contributed by atoms with Crippen molar-refractivity contribution in [2.45, 2.75) is 20.8 Å². The summed E-state index contributed by atoms with van der Waals surface area (Å²) in [5.41, 5.74) is 5.92. The van der Waals surface area contributed by atoms with Crippen molar-refractivity contribution < 1.29 is 9.59 Å². The fourth-order valence-electron chi connectivity index (χ4n) is 6.43. The normalized spacial score (nSPS) is 15.2. The Labute approximate surface area is 291 Å². The van der Waals surface area contributed by atoms with Gasteiger partial charge in [0.1, 0.15) is 17.5 Å². The van der Waals surface area contributed by atoms with Crippen molar-refractivity contribution >= 4 is 46.2 Å². The number of carbonyl (C=O) groups is 2. The number of carbonyl (C=O) groups excluding carboxylic acids is 2. The molecule has 0 unspecified atom stereocenters. The van der Waals surface area contributed by atoms with E-state index in [2.05, 4.69) is 6.58 Å². The molecule has 0 N–H and O–H groups in total. The van der Waals surface area contributed by atoms with Gasteiger partial charge in [0.15, 0.2) is 0 Å². The van der Waals surface area contributed by atoms with E-state index in [0.29, 0.717) is 62.6 Å². The Balaban J connectivity index is 1.50. The van der Waals surface area contributed by atoms with Gasteiger partial charge in [-0.1, -0.05) is 67.2 Å². The quantitative estimate of drug-likeness (QED) is 0.193. The van der Waals surface area contributed by atoms with Crippen molar-refractivity contribution in [3.05, 3.63) is 156 Å². The van der Waals surface area contributed by atoms with Crippen LogP contribution < -0.4 is 9.91 Å². The highest BCUT2D eigenvalue weighted by Crippen LogP contribution is 2.36. The predicted molar refractivity (Wildman–Crippen MR) is 199 cm³/mol. The number of allylic oxidation sites excluding steroid dienone is 1. The Morgan fingerprint density at radius 2 is 1.12 bits per heavy atom. The molecule has 0 saturated heterocycles. The number of fused-ring (bicyclic) bond motifs is 5. The number of para-hydroxylation sites is 4. The van der Waals surface area contributed by atoms with Crippen LogP contribution in [0.3, 0.4) is 0 Å². The van der Waals surface area contributed by atoms with E-state index in [0.717, 1.165) is 11.4 Å².